The largest absolute Gasteiger partial charge is 0.479 e. The molecule has 0 aliphatic heterocycles. The van der Waals surface area contributed by atoms with Crippen molar-refractivity contribution in [2.75, 3.05) is 0 Å². The maximum Gasteiger partial charge on any atom is 0.315 e. The Labute approximate surface area is 58.2 Å². The van der Waals surface area contributed by atoms with Crippen molar-refractivity contribution in [2.45, 2.75) is 11.9 Å². The summed E-state index contributed by atoms with van der Waals surface area (Å²) in [6.07, 6.45) is 0. The van der Waals surface area contributed by atoms with Gasteiger partial charge in [0.05, 0.1) is 5.69 Å². The van der Waals surface area contributed by atoms with Crippen LogP contribution in [-0.2, 0) is 0 Å². The predicted molar refractivity (Wildman–Crippen MR) is 34.5 cm³/mol. The van der Waals surface area contributed by atoms with E-state index in [-0.39, 0.29) is 6.01 Å². The van der Waals surface area contributed by atoms with E-state index in [1.807, 2.05) is 0 Å². The standard InChI is InChI=1S/C5H5N2OS/c1-3-2-4(9)7-5(8)6-3/h1H3,(H2,6,7,8,9). The SMILES string of the molecule is Cc1[c]c(S)nc(O)n1. The number of hydrogen-bond acceptors (Lipinski definition) is 4. The first-order chi connectivity index (χ1) is 4.18. The molecule has 3 nitrogen and oxygen atoms in total. The minimum atomic E-state index is -0.253. The molecule has 0 aliphatic rings. The Morgan fingerprint density at radius 2 is 2.22 bits per heavy atom. The van der Waals surface area contributed by atoms with E-state index in [2.05, 4.69) is 28.7 Å². The van der Waals surface area contributed by atoms with E-state index in [0.717, 1.165) is 0 Å². The average Bonchev–Trinajstić information content (AvgIpc) is 1.59. The van der Waals surface area contributed by atoms with Crippen molar-refractivity contribution >= 4 is 12.6 Å². The smallest absolute Gasteiger partial charge is 0.315 e. The first kappa shape index (κ1) is 6.35. The van der Waals surface area contributed by atoms with E-state index >= 15 is 0 Å². The molecule has 0 aliphatic carbocycles. The zero-order valence-corrected chi connectivity index (χ0v) is 5.68. The highest BCUT2D eigenvalue weighted by Gasteiger charge is 1.94. The van der Waals surface area contributed by atoms with Crippen LogP contribution in [0.5, 0.6) is 6.01 Å². The summed E-state index contributed by atoms with van der Waals surface area (Å²) < 4.78 is 0. The Hall–Kier alpha value is -0.770. The highest BCUT2D eigenvalue weighted by atomic mass is 32.1. The summed E-state index contributed by atoms with van der Waals surface area (Å²) >= 11 is 3.86. The zero-order chi connectivity index (χ0) is 6.85. The topological polar surface area (TPSA) is 46.0 Å². The fourth-order valence-electron chi connectivity index (χ4n) is 0.487. The van der Waals surface area contributed by atoms with Gasteiger partial charge in [0, 0.05) is 6.07 Å². The average molecular weight is 141 g/mol. The van der Waals surface area contributed by atoms with Crippen LogP contribution >= 0.6 is 12.6 Å². The number of aryl methyl sites for hydroxylation is 1. The third kappa shape index (κ3) is 1.57. The Morgan fingerprint density at radius 1 is 1.56 bits per heavy atom. The quantitative estimate of drug-likeness (QED) is 0.410. The molecule has 0 unspecified atom stereocenters. The van der Waals surface area contributed by atoms with Crippen molar-refractivity contribution in [2.24, 2.45) is 0 Å². The van der Waals surface area contributed by atoms with Gasteiger partial charge in [-0.05, 0) is 6.92 Å². The highest BCUT2D eigenvalue weighted by Crippen LogP contribution is 2.06. The van der Waals surface area contributed by atoms with E-state index in [9.17, 15) is 0 Å². The normalized spacial score (nSPS) is 9.56. The van der Waals surface area contributed by atoms with E-state index in [0.29, 0.717) is 10.7 Å². The molecule has 47 valence electrons. The van der Waals surface area contributed by atoms with Gasteiger partial charge in [0.2, 0.25) is 0 Å². The fraction of sp³-hybridized carbons (Fsp3) is 0.200. The van der Waals surface area contributed by atoms with Gasteiger partial charge in [-0.1, -0.05) is 0 Å². The van der Waals surface area contributed by atoms with Gasteiger partial charge in [0.15, 0.2) is 0 Å². The Morgan fingerprint density at radius 3 is 2.67 bits per heavy atom. The molecule has 0 atom stereocenters. The lowest BCUT2D eigenvalue weighted by molar-refractivity contribution is 0.423. The molecule has 1 heterocycles. The van der Waals surface area contributed by atoms with E-state index in [1.54, 1.807) is 6.92 Å². The summed E-state index contributed by atoms with van der Waals surface area (Å²) in [5.74, 6) is 0. The Bertz CT molecular complexity index is 176. The van der Waals surface area contributed by atoms with Crippen molar-refractivity contribution < 1.29 is 5.11 Å². The van der Waals surface area contributed by atoms with E-state index in [4.69, 9.17) is 5.11 Å². The third-order valence-corrected chi connectivity index (χ3v) is 0.978. The molecule has 0 amide bonds. The van der Waals surface area contributed by atoms with Crippen molar-refractivity contribution in [3.8, 4) is 6.01 Å². The van der Waals surface area contributed by atoms with Gasteiger partial charge in [-0.15, -0.1) is 12.6 Å². The molecule has 9 heavy (non-hydrogen) atoms. The minimum absolute atomic E-state index is 0.253. The molecule has 4 heteroatoms. The first-order valence-electron chi connectivity index (χ1n) is 2.34. The van der Waals surface area contributed by atoms with Crippen LogP contribution in [0.4, 0.5) is 0 Å². The molecular formula is C5H5N2OS. The molecule has 0 saturated heterocycles. The lowest BCUT2D eigenvalue weighted by Crippen LogP contribution is -1.85. The van der Waals surface area contributed by atoms with Crippen LogP contribution in [0.1, 0.15) is 5.69 Å². The van der Waals surface area contributed by atoms with Gasteiger partial charge < -0.3 is 5.11 Å². The van der Waals surface area contributed by atoms with Crippen LogP contribution < -0.4 is 0 Å². The van der Waals surface area contributed by atoms with Crippen molar-refractivity contribution in [1.82, 2.24) is 9.97 Å². The van der Waals surface area contributed by atoms with Crippen LogP contribution in [0, 0.1) is 13.0 Å². The van der Waals surface area contributed by atoms with Gasteiger partial charge in [-0.25, -0.2) is 0 Å². The molecule has 1 N–H and O–H groups in total. The summed E-state index contributed by atoms with van der Waals surface area (Å²) in [4.78, 5) is 7.06. The second-order valence-corrected chi connectivity index (χ2v) is 1.98. The summed E-state index contributed by atoms with van der Waals surface area (Å²) in [6.45, 7) is 1.71. The minimum Gasteiger partial charge on any atom is -0.479 e. The van der Waals surface area contributed by atoms with Gasteiger partial charge in [-0.3, -0.25) is 0 Å². The summed E-state index contributed by atoms with van der Waals surface area (Å²) in [5, 5.41) is 9.06. The zero-order valence-electron chi connectivity index (χ0n) is 4.79. The van der Waals surface area contributed by atoms with Gasteiger partial charge in [0.25, 0.3) is 0 Å². The highest BCUT2D eigenvalue weighted by molar-refractivity contribution is 7.80. The molecular weight excluding hydrogens is 136 g/mol. The molecule has 1 aromatic heterocycles. The van der Waals surface area contributed by atoms with Crippen LogP contribution in [0.15, 0.2) is 5.03 Å². The van der Waals surface area contributed by atoms with E-state index < -0.39 is 0 Å². The molecule has 1 radical (unpaired) electrons. The molecule has 0 spiro atoms. The van der Waals surface area contributed by atoms with Crippen LogP contribution in [-0.4, -0.2) is 15.1 Å². The number of thiol groups is 1. The lowest BCUT2D eigenvalue weighted by Gasteiger charge is -1.92. The van der Waals surface area contributed by atoms with Gasteiger partial charge in [0.1, 0.15) is 5.03 Å². The molecule has 1 aromatic rings. The molecule has 0 fully saturated rings. The first-order valence-corrected chi connectivity index (χ1v) is 2.79. The maximum atomic E-state index is 8.70. The Balaban J connectivity index is 3.17. The van der Waals surface area contributed by atoms with Crippen LogP contribution in [0.25, 0.3) is 0 Å². The van der Waals surface area contributed by atoms with E-state index in [1.165, 1.54) is 0 Å². The monoisotopic (exact) mass is 141 g/mol. The number of hydrogen-bond donors (Lipinski definition) is 2. The second-order valence-electron chi connectivity index (χ2n) is 1.56. The lowest BCUT2D eigenvalue weighted by atomic mass is 10.5. The predicted octanol–water partition coefficient (Wildman–Crippen LogP) is 0.580. The molecule has 0 bridgehead atoms. The summed E-state index contributed by atoms with van der Waals surface area (Å²) in [6, 6.07) is 2.44. The summed E-state index contributed by atoms with van der Waals surface area (Å²) in [7, 11) is 0. The van der Waals surface area contributed by atoms with Crippen LogP contribution in [0.3, 0.4) is 0 Å². The van der Waals surface area contributed by atoms with Crippen molar-refractivity contribution in [3.05, 3.63) is 11.8 Å². The number of nitrogens with zero attached hydrogens (tertiary/aromatic N) is 2. The fourth-order valence-corrected chi connectivity index (χ4v) is 0.739. The second kappa shape index (κ2) is 2.23. The Kier molecular flexibility index (Phi) is 1.57. The molecule has 0 saturated carbocycles. The van der Waals surface area contributed by atoms with Crippen molar-refractivity contribution in [3.63, 3.8) is 0 Å². The maximum absolute atomic E-state index is 8.70. The number of aromatic nitrogens is 2. The number of rotatable bonds is 0. The number of aromatic hydroxyl groups is 1. The molecule has 1 rings (SSSR count). The van der Waals surface area contributed by atoms with Gasteiger partial charge in [-0.2, -0.15) is 9.97 Å². The summed E-state index contributed by atoms with van der Waals surface area (Å²) in [5.41, 5.74) is 0.590. The van der Waals surface area contributed by atoms with Crippen molar-refractivity contribution in [1.29, 1.82) is 0 Å². The third-order valence-electron chi connectivity index (χ3n) is 0.766. The van der Waals surface area contributed by atoms with Crippen LogP contribution in [0.2, 0.25) is 0 Å². The molecule has 0 aromatic carbocycles. The van der Waals surface area contributed by atoms with Gasteiger partial charge >= 0.3 is 6.01 Å².